The first-order chi connectivity index (χ1) is 16.5. The van der Waals surface area contributed by atoms with E-state index >= 15 is 0 Å². The van der Waals surface area contributed by atoms with Gasteiger partial charge >= 0.3 is 5.97 Å². The molecule has 0 N–H and O–H groups in total. The maximum atomic E-state index is 13.6. The molecule has 2 aromatic carbocycles. The summed E-state index contributed by atoms with van der Waals surface area (Å²) < 4.78 is 18.8. The van der Waals surface area contributed by atoms with Gasteiger partial charge in [0.1, 0.15) is 18.5 Å². The normalized spacial score (nSPS) is 14.4. The van der Waals surface area contributed by atoms with Crippen LogP contribution in [0.15, 0.2) is 36.5 Å². The number of nitriles is 1. The van der Waals surface area contributed by atoms with Gasteiger partial charge in [-0.05, 0) is 48.7 Å². The molecule has 34 heavy (non-hydrogen) atoms. The van der Waals surface area contributed by atoms with Crippen molar-refractivity contribution in [2.75, 3.05) is 13.1 Å². The Morgan fingerprint density at radius 1 is 1.24 bits per heavy atom. The van der Waals surface area contributed by atoms with Gasteiger partial charge in [-0.3, -0.25) is 4.90 Å². The third-order valence-electron chi connectivity index (χ3n) is 6.33. The highest BCUT2D eigenvalue weighted by Gasteiger charge is 2.24. The first-order valence-corrected chi connectivity index (χ1v) is 11.6. The molecule has 0 aliphatic carbocycles. The Morgan fingerprint density at radius 3 is 2.85 bits per heavy atom. The maximum Gasteiger partial charge on any atom is 0.338 e. The van der Waals surface area contributed by atoms with E-state index in [4.69, 9.17) is 10.00 Å². The first kappa shape index (κ1) is 23.5. The smallest absolute Gasteiger partial charge is 0.338 e. The number of hydrogen-bond donors (Lipinski definition) is 0. The van der Waals surface area contributed by atoms with E-state index in [9.17, 15) is 9.18 Å². The average Bonchev–Trinajstić information content (AvgIpc) is 3.26. The van der Waals surface area contributed by atoms with E-state index in [0.29, 0.717) is 23.6 Å². The van der Waals surface area contributed by atoms with Gasteiger partial charge in [-0.15, -0.1) is 0 Å². The summed E-state index contributed by atoms with van der Waals surface area (Å²) in [5.74, 6) is -0.257. The van der Waals surface area contributed by atoms with Crippen molar-refractivity contribution < 1.29 is 13.9 Å². The molecule has 5 rings (SSSR count). The Morgan fingerprint density at radius 2 is 2.06 bits per heavy atom. The fraction of sp³-hybridized carbons (Fsp3) is 0.333. The van der Waals surface area contributed by atoms with Gasteiger partial charge in [-0.2, -0.15) is 5.26 Å². The van der Waals surface area contributed by atoms with Crippen LogP contribution in [-0.2, 0) is 30.7 Å². The standard InChI is InChI=1S/C25H21FN4O2.C2H6/c1-15-16(2-4-20-21(15)14-32-25(20)31)6-8-30-9-7-23-19(13-30)12-28-24(29-23)17-3-5-22(26)18(10-17)11-27;1-2/h2-5,10,12H,6-9,13-14H2,1H3;1-2H3. The molecule has 6 nitrogen and oxygen atoms in total. The van der Waals surface area contributed by atoms with Crippen LogP contribution in [0.2, 0.25) is 0 Å². The van der Waals surface area contributed by atoms with Crippen molar-refractivity contribution in [3.8, 4) is 17.5 Å². The van der Waals surface area contributed by atoms with Crippen molar-refractivity contribution >= 4 is 5.97 Å². The number of hydrogen-bond acceptors (Lipinski definition) is 6. The van der Waals surface area contributed by atoms with Gasteiger partial charge in [-0.1, -0.05) is 19.9 Å². The van der Waals surface area contributed by atoms with Crippen LogP contribution in [0.3, 0.4) is 0 Å². The summed E-state index contributed by atoms with van der Waals surface area (Å²) >= 11 is 0. The van der Waals surface area contributed by atoms with Crippen LogP contribution >= 0.6 is 0 Å². The SMILES string of the molecule is CC.Cc1c(CCN2CCc3nc(-c4ccc(F)c(C#N)c4)ncc3C2)ccc2c1COC2=O. The number of ether oxygens (including phenoxy) is 1. The minimum atomic E-state index is -0.539. The molecule has 174 valence electrons. The maximum absolute atomic E-state index is 13.6. The number of rotatable bonds is 4. The molecule has 2 aliphatic rings. The summed E-state index contributed by atoms with van der Waals surface area (Å²) in [7, 11) is 0. The summed E-state index contributed by atoms with van der Waals surface area (Å²) in [5.41, 5.74) is 6.81. The molecule has 0 atom stereocenters. The minimum Gasteiger partial charge on any atom is -0.457 e. The van der Waals surface area contributed by atoms with Crippen LogP contribution in [0.25, 0.3) is 11.4 Å². The number of esters is 1. The van der Waals surface area contributed by atoms with Crippen molar-refractivity contribution in [3.05, 3.63) is 81.4 Å². The molecule has 2 aliphatic heterocycles. The number of nitrogens with zero attached hydrogens (tertiary/aromatic N) is 4. The van der Waals surface area contributed by atoms with E-state index in [1.54, 1.807) is 6.07 Å². The van der Waals surface area contributed by atoms with E-state index in [1.807, 2.05) is 38.2 Å². The molecule has 0 fully saturated rings. The summed E-state index contributed by atoms with van der Waals surface area (Å²) in [6.07, 6.45) is 3.54. The monoisotopic (exact) mass is 458 g/mol. The Kier molecular flexibility index (Phi) is 6.99. The predicted octanol–water partition coefficient (Wildman–Crippen LogP) is 4.76. The zero-order valence-electron chi connectivity index (χ0n) is 19.7. The topological polar surface area (TPSA) is 79.1 Å². The summed E-state index contributed by atoms with van der Waals surface area (Å²) in [6, 6.07) is 10.1. The molecule has 0 saturated carbocycles. The summed E-state index contributed by atoms with van der Waals surface area (Å²) in [4.78, 5) is 23.3. The fourth-order valence-electron chi connectivity index (χ4n) is 4.40. The van der Waals surface area contributed by atoms with Gasteiger partial charge in [0.25, 0.3) is 0 Å². The molecule has 0 bridgehead atoms. The van der Waals surface area contributed by atoms with Gasteiger partial charge < -0.3 is 4.74 Å². The van der Waals surface area contributed by atoms with Crippen LogP contribution in [0.4, 0.5) is 4.39 Å². The third kappa shape index (κ3) is 4.55. The molecule has 0 spiro atoms. The lowest BCUT2D eigenvalue weighted by atomic mass is 9.96. The van der Waals surface area contributed by atoms with E-state index in [0.717, 1.165) is 54.9 Å². The number of cyclic esters (lactones) is 1. The first-order valence-electron chi connectivity index (χ1n) is 11.6. The Hall–Kier alpha value is -3.63. The highest BCUT2D eigenvalue weighted by Crippen LogP contribution is 2.27. The number of aromatic nitrogens is 2. The second kappa shape index (κ2) is 10.1. The second-order valence-corrected chi connectivity index (χ2v) is 8.20. The van der Waals surface area contributed by atoms with E-state index in [2.05, 4.69) is 21.8 Å². The Balaban J connectivity index is 0.00000133. The van der Waals surface area contributed by atoms with E-state index < -0.39 is 5.82 Å². The van der Waals surface area contributed by atoms with Crippen molar-refractivity contribution in [3.63, 3.8) is 0 Å². The third-order valence-corrected chi connectivity index (χ3v) is 6.33. The van der Waals surface area contributed by atoms with Crippen LogP contribution in [-0.4, -0.2) is 33.9 Å². The van der Waals surface area contributed by atoms with Crippen LogP contribution in [0.5, 0.6) is 0 Å². The second-order valence-electron chi connectivity index (χ2n) is 8.20. The molecule has 0 saturated heterocycles. The van der Waals surface area contributed by atoms with Crippen molar-refractivity contribution in [1.82, 2.24) is 14.9 Å². The number of carbonyl (C=O) groups excluding carboxylic acids is 1. The largest absolute Gasteiger partial charge is 0.457 e. The van der Waals surface area contributed by atoms with E-state index in [-0.39, 0.29) is 11.5 Å². The number of halogens is 1. The zero-order chi connectivity index (χ0) is 24.2. The summed E-state index contributed by atoms with van der Waals surface area (Å²) in [6.45, 7) is 8.99. The number of fused-ring (bicyclic) bond motifs is 2. The fourth-order valence-corrected chi connectivity index (χ4v) is 4.40. The lowest BCUT2D eigenvalue weighted by molar-refractivity contribution is 0.0535. The number of carbonyl (C=O) groups is 1. The van der Waals surface area contributed by atoms with Crippen molar-refractivity contribution in [2.24, 2.45) is 0 Å². The molecular formula is C27H27FN4O2. The Bertz CT molecular complexity index is 1280. The van der Waals surface area contributed by atoms with Crippen LogP contribution < -0.4 is 0 Å². The predicted molar refractivity (Wildman–Crippen MR) is 126 cm³/mol. The minimum absolute atomic E-state index is 0.00669. The summed E-state index contributed by atoms with van der Waals surface area (Å²) in [5, 5.41) is 9.06. The van der Waals surface area contributed by atoms with Gasteiger partial charge in [0.2, 0.25) is 0 Å². The van der Waals surface area contributed by atoms with Crippen LogP contribution in [0.1, 0.15) is 57.7 Å². The van der Waals surface area contributed by atoms with Crippen LogP contribution in [0, 0.1) is 24.1 Å². The van der Waals surface area contributed by atoms with Crippen molar-refractivity contribution in [1.29, 1.82) is 5.26 Å². The highest BCUT2D eigenvalue weighted by molar-refractivity contribution is 5.93. The highest BCUT2D eigenvalue weighted by atomic mass is 19.1. The molecular weight excluding hydrogens is 431 g/mol. The molecule has 3 aromatic rings. The Labute approximate surface area is 199 Å². The molecule has 0 unspecified atom stereocenters. The average molecular weight is 459 g/mol. The zero-order valence-corrected chi connectivity index (χ0v) is 19.7. The van der Waals surface area contributed by atoms with Gasteiger partial charge in [0.05, 0.1) is 16.8 Å². The quantitative estimate of drug-likeness (QED) is 0.525. The van der Waals surface area contributed by atoms with Gasteiger partial charge in [-0.25, -0.2) is 19.2 Å². The molecule has 0 amide bonds. The van der Waals surface area contributed by atoms with Crippen molar-refractivity contribution in [2.45, 2.75) is 46.8 Å². The molecule has 0 radical (unpaired) electrons. The van der Waals surface area contributed by atoms with Gasteiger partial charge in [0, 0.05) is 48.9 Å². The molecule has 3 heterocycles. The lowest BCUT2D eigenvalue weighted by Crippen LogP contribution is -2.33. The number of benzene rings is 2. The van der Waals surface area contributed by atoms with Gasteiger partial charge in [0.15, 0.2) is 5.82 Å². The molecule has 7 heteroatoms. The molecule has 1 aromatic heterocycles. The lowest BCUT2D eigenvalue weighted by Gasteiger charge is -2.28. The van der Waals surface area contributed by atoms with E-state index in [1.165, 1.54) is 17.7 Å².